The summed E-state index contributed by atoms with van der Waals surface area (Å²) in [6, 6.07) is 15.7. The van der Waals surface area contributed by atoms with Crippen molar-refractivity contribution in [2.75, 3.05) is 13.1 Å². The molecule has 29 heavy (non-hydrogen) atoms. The molecule has 0 aliphatic carbocycles. The van der Waals surface area contributed by atoms with E-state index in [1.807, 2.05) is 61.2 Å². The molecule has 154 valence electrons. The van der Waals surface area contributed by atoms with Crippen LogP contribution in [0.25, 0.3) is 0 Å². The van der Waals surface area contributed by atoms with Crippen molar-refractivity contribution < 1.29 is 14.0 Å². The molecular weight excluding hydrogens is 367 g/mol. The van der Waals surface area contributed by atoms with Crippen LogP contribution in [0.4, 0.5) is 4.39 Å². The molecule has 1 fully saturated rings. The lowest BCUT2D eigenvalue weighted by Gasteiger charge is -2.35. The maximum absolute atomic E-state index is 13.1. The van der Waals surface area contributed by atoms with Crippen LogP contribution in [0.3, 0.4) is 0 Å². The Labute approximate surface area is 172 Å². The molecule has 0 radical (unpaired) electrons. The van der Waals surface area contributed by atoms with E-state index in [0.717, 1.165) is 24.0 Å². The van der Waals surface area contributed by atoms with E-state index in [0.29, 0.717) is 19.0 Å². The standard InChI is InChI=1S/C24H29FN2O2/c1-17(2)23(26-22(28)16-18-6-4-3-5-7-18)24(29)27-14-12-20(13-15-27)19-8-10-21(25)11-9-19/h3-11,17,20,23H,12-16H2,1-2H3,(H,26,28)/t23-/m1/s1. The molecule has 2 amide bonds. The van der Waals surface area contributed by atoms with Gasteiger partial charge in [-0.2, -0.15) is 0 Å². The molecule has 0 aromatic heterocycles. The van der Waals surface area contributed by atoms with Gasteiger partial charge in [0.05, 0.1) is 6.42 Å². The second-order valence-corrected chi connectivity index (χ2v) is 8.10. The minimum absolute atomic E-state index is 0.0112. The summed E-state index contributed by atoms with van der Waals surface area (Å²) in [6.45, 7) is 5.21. The van der Waals surface area contributed by atoms with Gasteiger partial charge in [-0.1, -0.05) is 56.3 Å². The fourth-order valence-corrected chi connectivity index (χ4v) is 3.88. The number of rotatable bonds is 6. The minimum atomic E-state index is -0.520. The highest BCUT2D eigenvalue weighted by atomic mass is 19.1. The number of carbonyl (C=O) groups excluding carboxylic acids is 2. The van der Waals surface area contributed by atoms with Crippen LogP contribution < -0.4 is 5.32 Å². The quantitative estimate of drug-likeness (QED) is 0.805. The van der Waals surface area contributed by atoms with Crippen LogP contribution in [0, 0.1) is 11.7 Å². The number of hydrogen-bond donors (Lipinski definition) is 1. The summed E-state index contributed by atoms with van der Waals surface area (Å²) < 4.78 is 13.1. The van der Waals surface area contributed by atoms with Crippen LogP contribution in [0.2, 0.25) is 0 Å². The van der Waals surface area contributed by atoms with E-state index in [1.165, 1.54) is 12.1 Å². The predicted molar refractivity (Wildman–Crippen MR) is 112 cm³/mol. The number of likely N-dealkylation sites (tertiary alicyclic amines) is 1. The zero-order chi connectivity index (χ0) is 20.8. The predicted octanol–water partition coefficient (Wildman–Crippen LogP) is 3.92. The Morgan fingerprint density at radius 1 is 1.03 bits per heavy atom. The Hall–Kier alpha value is -2.69. The smallest absolute Gasteiger partial charge is 0.245 e. The van der Waals surface area contributed by atoms with Gasteiger partial charge < -0.3 is 10.2 Å². The Kier molecular flexibility index (Phi) is 7.02. The fraction of sp³-hybridized carbons (Fsp3) is 0.417. The average molecular weight is 397 g/mol. The van der Waals surface area contributed by atoms with E-state index < -0.39 is 6.04 Å². The Balaban J connectivity index is 1.56. The first-order valence-electron chi connectivity index (χ1n) is 10.3. The lowest BCUT2D eigenvalue weighted by Crippen LogP contribution is -2.53. The van der Waals surface area contributed by atoms with E-state index in [2.05, 4.69) is 5.32 Å². The summed E-state index contributed by atoms with van der Waals surface area (Å²) in [6.07, 6.45) is 1.96. The van der Waals surface area contributed by atoms with Crippen molar-refractivity contribution in [1.29, 1.82) is 0 Å². The SMILES string of the molecule is CC(C)[C@@H](NC(=O)Cc1ccccc1)C(=O)N1CCC(c2ccc(F)cc2)CC1. The summed E-state index contributed by atoms with van der Waals surface area (Å²) >= 11 is 0. The van der Waals surface area contributed by atoms with Crippen LogP contribution in [-0.2, 0) is 16.0 Å². The van der Waals surface area contributed by atoms with Crippen molar-refractivity contribution in [2.45, 2.75) is 45.1 Å². The van der Waals surface area contributed by atoms with Crippen molar-refractivity contribution in [3.8, 4) is 0 Å². The van der Waals surface area contributed by atoms with Gasteiger partial charge in [0.2, 0.25) is 11.8 Å². The maximum Gasteiger partial charge on any atom is 0.245 e. The minimum Gasteiger partial charge on any atom is -0.344 e. The molecule has 1 N–H and O–H groups in total. The third-order valence-electron chi connectivity index (χ3n) is 5.60. The van der Waals surface area contributed by atoms with Crippen LogP contribution in [-0.4, -0.2) is 35.8 Å². The molecule has 1 saturated heterocycles. The van der Waals surface area contributed by atoms with E-state index >= 15 is 0 Å². The van der Waals surface area contributed by atoms with Gasteiger partial charge in [-0.15, -0.1) is 0 Å². The molecule has 2 aromatic carbocycles. The lowest BCUT2D eigenvalue weighted by atomic mass is 9.89. The molecule has 3 rings (SSSR count). The summed E-state index contributed by atoms with van der Waals surface area (Å²) in [5, 5.41) is 2.94. The second-order valence-electron chi connectivity index (χ2n) is 8.10. The molecule has 5 heteroatoms. The summed E-state index contributed by atoms with van der Waals surface area (Å²) in [5.41, 5.74) is 2.05. The monoisotopic (exact) mass is 396 g/mol. The third kappa shape index (κ3) is 5.66. The molecule has 1 heterocycles. The molecular formula is C24H29FN2O2. The summed E-state index contributed by atoms with van der Waals surface area (Å²) in [7, 11) is 0. The van der Waals surface area contributed by atoms with E-state index in [-0.39, 0.29) is 30.0 Å². The zero-order valence-electron chi connectivity index (χ0n) is 17.1. The number of carbonyl (C=O) groups is 2. The van der Waals surface area contributed by atoms with Crippen molar-refractivity contribution >= 4 is 11.8 Å². The highest BCUT2D eigenvalue weighted by Gasteiger charge is 2.31. The Bertz CT molecular complexity index is 813. The summed E-state index contributed by atoms with van der Waals surface area (Å²) in [4.78, 5) is 27.4. The molecule has 0 unspecified atom stereocenters. The second kappa shape index (κ2) is 9.68. The zero-order valence-corrected chi connectivity index (χ0v) is 17.1. The van der Waals surface area contributed by atoms with Gasteiger partial charge in [0.15, 0.2) is 0 Å². The highest BCUT2D eigenvalue weighted by Crippen LogP contribution is 2.28. The van der Waals surface area contributed by atoms with Crippen molar-refractivity contribution in [3.05, 3.63) is 71.5 Å². The first kappa shape index (κ1) is 21.0. The van der Waals surface area contributed by atoms with Crippen LogP contribution in [0.5, 0.6) is 0 Å². The van der Waals surface area contributed by atoms with Crippen LogP contribution in [0.15, 0.2) is 54.6 Å². The molecule has 2 aromatic rings. The van der Waals surface area contributed by atoms with Crippen molar-refractivity contribution in [1.82, 2.24) is 10.2 Å². The van der Waals surface area contributed by atoms with Gasteiger partial charge in [-0.05, 0) is 47.9 Å². The third-order valence-corrected chi connectivity index (χ3v) is 5.60. The molecule has 1 aliphatic heterocycles. The number of nitrogens with zero attached hydrogens (tertiary/aromatic N) is 1. The number of halogens is 1. The molecule has 0 spiro atoms. The molecule has 0 bridgehead atoms. The van der Waals surface area contributed by atoms with Crippen molar-refractivity contribution in [2.24, 2.45) is 5.92 Å². The van der Waals surface area contributed by atoms with Crippen molar-refractivity contribution in [3.63, 3.8) is 0 Å². The highest BCUT2D eigenvalue weighted by molar-refractivity contribution is 5.88. The fourth-order valence-electron chi connectivity index (χ4n) is 3.88. The van der Waals surface area contributed by atoms with E-state index in [9.17, 15) is 14.0 Å². The number of piperidine rings is 1. The van der Waals surface area contributed by atoms with Gasteiger partial charge in [-0.3, -0.25) is 9.59 Å². The van der Waals surface area contributed by atoms with Gasteiger partial charge in [0.1, 0.15) is 11.9 Å². The van der Waals surface area contributed by atoms with Crippen LogP contribution >= 0.6 is 0 Å². The van der Waals surface area contributed by atoms with Gasteiger partial charge >= 0.3 is 0 Å². The van der Waals surface area contributed by atoms with Crippen LogP contribution in [0.1, 0.15) is 43.7 Å². The Morgan fingerprint density at radius 2 is 1.66 bits per heavy atom. The molecule has 1 atom stereocenters. The molecule has 1 aliphatic rings. The largest absolute Gasteiger partial charge is 0.344 e. The number of hydrogen-bond acceptors (Lipinski definition) is 2. The van der Waals surface area contributed by atoms with Gasteiger partial charge in [0.25, 0.3) is 0 Å². The normalized spacial score (nSPS) is 15.9. The topological polar surface area (TPSA) is 49.4 Å². The molecule has 0 saturated carbocycles. The first-order chi connectivity index (χ1) is 13.9. The lowest BCUT2D eigenvalue weighted by molar-refractivity contribution is -0.138. The number of amides is 2. The summed E-state index contributed by atoms with van der Waals surface area (Å²) in [5.74, 6) is -0.0299. The first-order valence-corrected chi connectivity index (χ1v) is 10.3. The number of nitrogens with one attached hydrogen (secondary N) is 1. The van der Waals surface area contributed by atoms with Gasteiger partial charge in [0, 0.05) is 13.1 Å². The van der Waals surface area contributed by atoms with Gasteiger partial charge in [-0.25, -0.2) is 4.39 Å². The maximum atomic E-state index is 13.1. The Morgan fingerprint density at radius 3 is 2.24 bits per heavy atom. The van der Waals surface area contributed by atoms with E-state index in [1.54, 1.807) is 0 Å². The number of benzene rings is 2. The average Bonchev–Trinajstić information content (AvgIpc) is 2.73. The molecule has 4 nitrogen and oxygen atoms in total. The van der Waals surface area contributed by atoms with E-state index in [4.69, 9.17) is 0 Å².